The summed E-state index contributed by atoms with van der Waals surface area (Å²) in [4.78, 5) is 33.7. The second-order valence-corrected chi connectivity index (χ2v) is 4.57. The lowest BCUT2D eigenvalue weighted by Crippen LogP contribution is -2.44. The van der Waals surface area contributed by atoms with Crippen molar-refractivity contribution in [3.63, 3.8) is 0 Å². The van der Waals surface area contributed by atoms with Gasteiger partial charge in [0.05, 0.1) is 5.56 Å². The van der Waals surface area contributed by atoms with Gasteiger partial charge in [-0.3, -0.25) is 10.1 Å². The third-order valence-corrected chi connectivity index (χ3v) is 2.83. The molecule has 0 aromatic heterocycles. The summed E-state index contributed by atoms with van der Waals surface area (Å²) in [6, 6.07) is 2.31. The second kappa shape index (κ2) is 6.74. The normalized spacial score (nSPS) is 11.4. The van der Waals surface area contributed by atoms with E-state index in [1.807, 2.05) is 0 Å². The number of carboxylic acids is 1. The lowest BCUT2D eigenvalue weighted by molar-refractivity contribution is -0.126. The summed E-state index contributed by atoms with van der Waals surface area (Å²) in [7, 11) is 1.40. The minimum atomic E-state index is -1.03. The molecule has 0 saturated heterocycles. The number of carbonyl (C=O) groups excluding carboxylic acids is 2. The van der Waals surface area contributed by atoms with Crippen LogP contribution in [0.4, 0.5) is 4.79 Å². The molecule has 1 aromatic rings. The first-order valence-electron chi connectivity index (χ1n) is 6.30. The maximum Gasteiger partial charge on any atom is 0.335 e. The first-order valence-corrected chi connectivity index (χ1v) is 6.30. The Kier molecular flexibility index (Phi) is 5.29. The number of benzene rings is 1. The molecular formula is C14H18N2O5. The highest BCUT2D eigenvalue weighted by atomic mass is 16.5. The first kappa shape index (κ1) is 16.5. The Morgan fingerprint density at radius 3 is 2.14 bits per heavy atom. The number of hydrogen-bond donors (Lipinski definition) is 3. The molecule has 0 heterocycles. The molecule has 1 unspecified atom stereocenters. The molecule has 0 fully saturated rings. The zero-order valence-corrected chi connectivity index (χ0v) is 12.3. The van der Waals surface area contributed by atoms with Gasteiger partial charge >= 0.3 is 12.0 Å². The summed E-state index contributed by atoms with van der Waals surface area (Å²) >= 11 is 0. The maximum atomic E-state index is 11.7. The van der Waals surface area contributed by atoms with Crippen LogP contribution in [-0.2, 0) is 4.79 Å². The van der Waals surface area contributed by atoms with Crippen molar-refractivity contribution < 1.29 is 24.2 Å². The number of amides is 3. The molecule has 7 heteroatoms. The van der Waals surface area contributed by atoms with Gasteiger partial charge in [-0.15, -0.1) is 0 Å². The zero-order valence-electron chi connectivity index (χ0n) is 12.3. The SMILES string of the molecule is CNC(=O)NC(=O)C(C)Oc1c(C)cc(C(=O)O)cc1C. The standard InChI is InChI=1S/C14H18N2O5/c1-7-5-10(13(18)19)6-8(2)11(7)21-9(3)12(17)16-14(20)15-4/h5-6,9H,1-4H3,(H,18,19)(H2,15,16,17,20). The summed E-state index contributed by atoms with van der Waals surface area (Å²) in [5.41, 5.74) is 1.36. The van der Waals surface area contributed by atoms with Crippen molar-refractivity contribution >= 4 is 17.9 Å². The van der Waals surface area contributed by atoms with Gasteiger partial charge in [-0.05, 0) is 44.0 Å². The van der Waals surface area contributed by atoms with Crippen LogP contribution in [0, 0.1) is 13.8 Å². The number of aromatic carboxylic acids is 1. The molecule has 0 saturated carbocycles. The van der Waals surface area contributed by atoms with Gasteiger partial charge in [0.25, 0.3) is 5.91 Å². The van der Waals surface area contributed by atoms with Crippen LogP contribution in [0.25, 0.3) is 0 Å². The van der Waals surface area contributed by atoms with Gasteiger partial charge in [0.15, 0.2) is 6.10 Å². The molecule has 0 aliphatic heterocycles. The number of imide groups is 1. The molecule has 21 heavy (non-hydrogen) atoms. The van der Waals surface area contributed by atoms with Gasteiger partial charge in [-0.2, -0.15) is 0 Å². The van der Waals surface area contributed by atoms with Gasteiger partial charge in [-0.25, -0.2) is 9.59 Å². The van der Waals surface area contributed by atoms with Gasteiger partial charge in [-0.1, -0.05) is 0 Å². The second-order valence-electron chi connectivity index (χ2n) is 4.57. The molecule has 3 N–H and O–H groups in total. The molecule has 7 nitrogen and oxygen atoms in total. The topological polar surface area (TPSA) is 105 Å². The van der Waals surface area contributed by atoms with Crippen LogP contribution in [0.15, 0.2) is 12.1 Å². The Bertz CT molecular complexity index is 560. The molecule has 114 valence electrons. The van der Waals surface area contributed by atoms with E-state index in [-0.39, 0.29) is 5.56 Å². The lowest BCUT2D eigenvalue weighted by Gasteiger charge is -2.18. The Labute approximate surface area is 122 Å². The van der Waals surface area contributed by atoms with E-state index in [4.69, 9.17) is 9.84 Å². The van der Waals surface area contributed by atoms with Crippen LogP contribution in [0.3, 0.4) is 0 Å². The van der Waals surface area contributed by atoms with Crippen LogP contribution < -0.4 is 15.4 Å². The van der Waals surface area contributed by atoms with Crippen LogP contribution in [-0.4, -0.2) is 36.2 Å². The Hall–Kier alpha value is -2.57. The molecule has 1 atom stereocenters. The van der Waals surface area contributed by atoms with E-state index >= 15 is 0 Å². The summed E-state index contributed by atoms with van der Waals surface area (Å²) in [6.45, 7) is 4.89. The molecule has 0 aliphatic rings. The van der Waals surface area contributed by atoms with E-state index in [0.29, 0.717) is 16.9 Å². The Balaban J connectivity index is 2.90. The number of nitrogens with one attached hydrogen (secondary N) is 2. The van der Waals surface area contributed by atoms with Crippen LogP contribution in [0.5, 0.6) is 5.75 Å². The molecular weight excluding hydrogens is 276 g/mol. The van der Waals surface area contributed by atoms with E-state index in [0.717, 1.165) is 0 Å². The number of hydrogen-bond acceptors (Lipinski definition) is 4. The Morgan fingerprint density at radius 2 is 1.71 bits per heavy atom. The predicted octanol–water partition coefficient (Wildman–Crippen LogP) is 1.22. The Morgan fingerprint density at radius 1 is 1.19 bits per heavy atom. The van der Waals surface area contributed by atoms with Crippen molar-refractivity contribution in [2.24, 2.45) is 0 Å². The van der Waals surface area contributed by atoms with Gasteiger partial charge < -0.3 is 15.2 Å². The van der Waals surface area contributed by atoms with Crippen molar-refractivity contribution in [3.05, 3.63) is 28.8 Å². The van der Waals surface area contributed by atoms with Gasteiger partial charge in [0.1, 0.15) is 5.75 Å². The number of carboxylic acid groups (broad SMARTS) is 1. The number of ether oxygens (including phenoxy) is 1. The monoisotopic (exact) mass is 294 g/mol. The predicted molar refractivity (Wildman–Crippen MR) is 75.6 cm³/mol. The fourth-order valence-corrected chi connectivity index (χ4v) is 1.77. The fraction of sp³-hybridized carbons (Fsp3) is 0.357. The third-order valence-electron chi connectivity index (χ3n) is 2.83. The van der Waals surface area contributed by atoms with E-state index in [2.05, 4.69) is 10.6 Å². The highest BCUT2D eigenvalue weighted by molar-refractivity contribution is 5.96. The average molecular weight is 294 g/mol. The maximum absolute atomic E-state index is 11.7. The largest absolute Gasteiger partial charge is 0.480 e. The highest BCUT2D eigenvalue weighted by Crippen LogP contribution is 2.26. The van der Waals surface area contributed by atoms with Crippen molar-refractivity contribution in [3.8, 4) is 5.75 Å². The average Bonchev–Trinajstić information content (AvgIpc) is 2.41. The van der Waals surface area contributed by atoms with Crippen LogP contribution in [0.1, 0.15) is 28.4 Å². The first-order chi connectivity index (χ1) is 9.76. The molecule has 1 aromatic carbocycles. The zero-order chi connectivity index (χ0) is 16.2. The van der Waals surface area contributed by atoms with E-state index in [1.165, 1.54) is 26.1 Å². The fourth-order valence-electron chi connectivity index (χ4n) is 1.77. The summed E-state index contributed by atoms with van der Waals surface area (Å²) in [5.74, 6) is -1.19. The molecule has 0 aliphatic carbocycles. The van der Waals surface area contributed by atoms with Crippen molar-refractivity contribution in [2.45, 2.75) is 26.9 Å². The van der Waals surface area contributed by atoms with Crippen LogP contribution >= 0.6 is 0 Å². The van der Waals surface area contributed by atoms with Crippen molar-refractivity contribution in [1.29, 1.82) is 0 Å². The van der Waals surface area contributed by atoms with E-state index < -0.39 is 24.0 Å². The third kappa shape index (κ3) is 4.20. The molecule has 0 radical (unpaired) electrons. The number of aryl methyl sites for hydroxylation is 2. The molecule has 0 bridgehead atoms. The van der Waals surface area contributed by atoms with Gasteiger partial charge in [0, 0.05) is 7.05 Å². The van der Waals surface area contributed by atoms with Crippen molar-refractivity contribution in [2.75, 3.05) is 7.05 Å². The smallest absolute Gasteiger partial charge is 0.335 e. The van der Waals surface area contributed by atoms with Crippen LogP contribution in [0.2, 0.25) is 0 Å². The molecule has 1 rings (SSSR count). The number of carbonyl (C=O) groups is 3. The minimum Gasteiger partial charge on any atom is -0.480 e. The van der Waals surface area contributed by atoms with E-state index in [9.17, 15) is 14.4 Å². The number of rotatable bonds is 4. The quantitative estimate of drug-likeness (QED) is 0.774. The summed E-state index contributed by atoms with van der Waals surface area (Å²) in [6.07, 6.45) is -0.893. The lowest BCUT2D eigenvalue weighted by atomic mass is 10.1. The molecule has 3 amide bonds. The number of urea groups is 1. The van der Waals surface area contributed by atoms with Crippen molar-refractivity contribution in [1.82, 2.24) is 10.6 Å². The summed E-state index contributed by atoms with van der Waals surface area (Å²) < 4.78 is 5.53. The van der Waals surface area contributed by atoms with Gasteiger partial charge in [0.2, 0.25) is 0 Å². The van der Waals surface area contributed by atoms with E-state index in [1.54, 1.807) is 13.8 Å². The molecule has 0 spiro atoms. The highest BCUT2D eigenvalue weighted by Gasteiger charge is 2.19. The minimum absolute atomic E-state index is 0.153. The summed E-state index contributed by atoms with van der Waals surface area (Å²) in [5, 5.41) is 13.3.